The van der Waals surface area contributed by atoms with Crippen LogP contribution in [0, 0.1) is 0 Å². The van der Waals surface area contributed by atoms with Crippen LogP contribution in [-0.2, 0) is 4.79 Å². The third-order valence-corrected chi connectivity index (χ3v) is 5.70. The van der Waals surface area contributed by atoms with E-state index < -0.39 is 0 Å². The number of nitrogens with one attached hydrogen (secondary N) is 2. The van der Waals surface area contributed by atoms with Gasteiger partial charge in [0.15, 0.2) is 18.1 Å². The Morgan fingerprint density at radius 2 is 1.39 bits per heavy atom. The van der Waals surface area contributed by atoms with Crippen molar-refractivity contribution in [2.45, 2.75) is 32.1 Å². The highest BCUT2D eigenvalue weighted by atomic mass is 16.2. The Hall–Kier alpha value is -2.79. The lowest BCUT2D eigenvalue weighted by molar-refractivity contribution is -0.892. The summed E-state index contributed by atoms with van der Waals surface area (Å²) in [5.74, 6) is -0.488. The van der Waals surface area contributed by atoms with Crippen LogP contribution in [0.15, 0.2) is 42.5 Å². The van der Waals surface area contributed by atoms with Gasteiger partial charge in [0.05, 0.1) is 24.3 Å². The van der Waals surface area contributed by atoms with Crippen molar-refractivity contribution in [3.8, 4) is 0 Å². The molecule has 1 amide bonds. The molecule has 2 aliphatic rings. The number of quaternary nitrogens is 1. The first-order valence-corrected chi connectivity index (χ1v) is 10.1. The molecule has 0 atom stereocenters. The van der Waals surface area contributed by atoms with Crippen LogP contribution in [0.5, 0.6) is 0 Å². The van der Waals surface area contributed by atoms with Gasteiger partial charge in [0, 0.05) is 16.7 Å². The quantitative estimate of drug-likeness (QED) is 0.736. The van der Waals surface area contributed by atoms with Gasteiger partial charge in [0.1, 0.15) is 0 Å². The molecule has 1 saturated heterocycles. The van der Waals surface area contributed by atoms with Crippen LogP contribution < -0.4 is 10.2 Å². The number of benzene rings is 2. The van der Waals surface area contributed by atoms with Gasteiger partial charge in [-0.1, -0.05) is 42.8 Å². The SMILES string of the molecule is O=C(C[NH+]1CCCCCCC1)Nc1cccc2c1C(=O)c1ccccc1C2=O. The van der Waals surface area contributed by atoms with Crippen LogP contribution in [0.1, 0.15) is 63.9 Å². The van der Waals surface area contributed by atoms with Crippen molar-refractivity contribution in [1.82, 2.24) is 0 Å². The number of carbonyl (C=O) groups excluding carboxylic acids is 3. The summed E-state index contributed by atoms with van der Waals surface area (Å²) in [6.07, 6.45) is 6.04. The van der Waals surface area contributed by atoms with Gasteiger partial charge < -0.3 is 10.2 Å². The standard InChI is InChI=1S/C23H24N2O3/c26-20(15-25-13-6-2-1-3-7-14-25)24-19-12-8-11-18-21(19)23(28)17-10-5-4-9-16(17)22(18)27/h4-5,8-12H,1-3,6-7,13-15H2,(H,24,26)/p+1. The molecule has 5 heteroatoms. The minimum atomic E-state index is -0.209. The second-order valence-electron chi connectivity index (χ2n) is 7.67. The number of amides is 1. The van der Waals surface area contributed by atoms with Crippen LogP contribution in [-0.4, -0.2) is 37.1 Å². The van der Waals surface area contributed by atoms with Gasteiger partial charge in [-0.05, 0) is 31.7 Å². The van der Waals surface area contributed by atoms with Gasteiger partial charge in [-0.15, -0.1) is 0 Å². The Kier molecular flexibility index (Phi) is 5.35. The summed E-state index contributed by atoms with van der Waals surface area (Å²) in [6, 6.07) is 11.9. The lowest BCUT2D eigenvalue weighted by Gasteiger charge is -2.23. The maximum atomic E-state index is 13.0. The molecule has 0 unspecified atom stereocenters. The Bertz CT molecular complexity index is 927. The van der Waals surface area contributed by atoms with E-state index in [2.05, 4.69) is 5.32 Å². The molecule has 1 aliphatic carbocycles. The first-order chi connectivity index (χ1) is 13.6. The zero-order valence-corrected chi connectivity index (χ0v) is 15.9. The fraction of sp³-hybridized carbons (Fsp3) is 0.348. The Labute approximate surface area is 164 Å². The fourth-order valence-corrected chi connectivity index (χ4v) is 4.25. The predicted molar refractivity (Wildman–Crippen MR) is 107 cm³/mol. The van der Waals surface area contributed by atoms with E-state index in [9.17, 15) is 14.4 Å². The molecule has 5 nitrogen and oxygen atoms in total. The minimum absolute atomic E-state index is 0.108. The van der Waals surface area contributed by atoms with E-state index in [1.54, 1.807) is 42.5 Å². The summed E-state index contributed by atoms with van der Waals surface area (Å²) in [6.45, 7) is 2.40. The van der Waals surface area contributed by atoms with Crippen molar-refractivity contribution in [3.63, 3.8) is 0 Å². The van der Waals surface area contributed by atoms with E-state index in [1.807, 2.05) is 0 Å². The molecule has 0 bridgehead atoms. The molecule has 4 rings (SSSR count). The Morgan fingerprint density at radius 3 is 2.11 bits per heavy atom. The summed E-state index contributed by atoms with van der Waals surface area (Å²) in [5, 5.41) is 2.90. The molecule has 1 fully saturated rings. The van der Waals surface area contributed by atoms with E-state index in [1.165, 1.54) is 24.2 Å². The number of ketones is 2. The monoisotopic (exact) mass is 377 g/mol. The smallest absolute Gasteiger partial charge is 0.279 e. The summed E-state index contributed by atoms with van der Waals surface area (Å²) in [5.41, 5.74) is 1.92. The van der Waals surface area contributed by atoms with E-state index in [4.69, 9.17) is 0 Å². The second kappa shape index (κ2) is 8.07. The summed E-state index contributed by atoms with van der Waals surface area (Å²) >= 11 is 0. The van der Waals surface area contributed by atoms with E-state index in [-0.39, 0.29) is 17.5 Å². The topological polar surface area (TPSA) is 67.7 Å². The van der Waals surface area contributed by atoms with Crippen molar-refractivity contribution in [1.29, 1.82) is 0 Å². The molecule has 2 aromatic carbocycles. The van der Waals surface area contributed by atoms with E-state index in [0.29, 0.717) is 34.5 Å². The van der Waals surface area contributed by atoms with Crippen molar-refractivity contribution in [2.24, 2.45) is 0 Å². The third kappa shape index (κ3) is 3.62. The lowest BCUT2D eigenvalue weighted by atomic mass is 9.83. The first-order valence-electron chi connectivity index (χ1n) is 10.1. The summed E-state index contributed by atoms with van der Waals surface area (Å²) < 4.78 is 0. The molecule has 1 aliphatic heterocycles. The Balaban J connectivity index is 1.56. The normalized spacial score (nSPS) is 17.3. The number of hydrogen-bond donors (Lipinski definition) is 2. The summed E-state index contributed by atoms with van der Waals surface area (Å²) in [7, 11) is 0. The van der Waals surface area contributed by atoms with Gasteiger partial charge in [-0.25, -0.2) is 0 Å². The number of rotatable bonds is 3. The predicted octanol–water partition coefficient (Wildman–Crippen LogP) is 2.25. The van der Waals surface area contributed by atoms with Gasteiger partial charge in [0.2, 0.25) is 0 Å². The molecular formula is C23H25N2O3+. The van der Waals surface area contributed by atoms with Gasteiger partial charge in [-0.2, -0.15) is 0 Å². The van der Waals surface area contributed by atoms with Crippen LogP contribution in [0.4, 0.5) is 5.69 Å². The van der Waals surface area contributed by atoms with Crippen molar-refractivity contribution in [2.75, 3.05) is 25.0 Å². The van der Waals surface area contributed by atoms with E-state index in [0.717, 1.165) is 25.9 Å². The van der Waals surface area contributed by atoms with Crippen molar-refractivity contribution >= 4 is 23.2 Å². The van der Waals surface area contributed by atoms with Gasteiger partial charge in [-0.3, -0.25) is 14.4 Å². The highest BCUT2D eigenvalue weighted by Crippen LogP contribution is 2.31. The van der Waals surface area contributed by atoms with Crippen LogP contribution in [0.25, 0.3) is 0 Å². The molecule has 0 spiro atoms. The molecular weight excluding hydrogens is 352 g/mol. The second-order valence-corrected chi connectivity index (χ2v) is 7.67. The van der Waals surface area contributed by atoms with Gasteiger partial charge >= 0.3 is 0 Å². The van der Waals surface area contributed by atoms with Crippen LogP contribution >= 0.6 is 0 Å². The zero-order valence-electron chi connectivity index (χ0n) is 15.9. The molecule has 2 aromatic rings. The molecule has 0 radical (unpaired) electrons. The minimum Gasteiger partial charge on any atom is -0.327 e. The van der Waals surface area contributed by atoms with Crippen molar-refractivity contribution in [3.05, 3.63) is 64.7 Å². The number of fused-ring (bicyclic) bond motifs is 2. The van der Waals surface area contributed by atoms with E-state index >= 15 is 0 Å². The number of likely N-dealkylation sites (tertiary alicyclic amines) is 1. The molecule has 2 N–H and O–H groups in total. The first kappa shape index (κ1) is 18.6. The summed E-state index contributed by atoms with van der Waals surface area (Å²) in [4.78, 5) is 39.8. The van der Waals surface area contributed by atoms with Crippen molar-refractivity contribution < 1.29 is 19.3 Å². The maximum absolute atomic E-state index is 13.0. The van der Waals surface area contributed by atoms with Gasteiger partial charge in [0.25, 0.3) is 5.91 Å². The molecule has 1 heterocycles. The fourth-order valence-electron chi connectivity index (χ4n) is 4.25. The maximum Gasteiger partial charge on any atom is 0.279 e. The molecule has 144 valence electrons. The zero-order chi connectivity index (χ0) is 19.5. The number of anilines is 1. The Morgan fingerprint density at radius 1 is 0.786 bits per heavy atom. The number of hydrogen-bond acceptors (Lipinski definition) is 3. The highest BCUT2D eigenvalue weighted by molar-refractivity contribution is 6.30. The molecule has 28 heavy (non-hydrogen) atoms. The molecule has 0 saturated carbocycles. The number of carbonyl (C=O) groups is 3. The average molecular weight is 377 g/mol. The lowest BCUT2D eigenvalue weighted by Crippen LogP contribution is -3.13. The average Bonchev–Trinajstić information content (AvgIpc) is 2.68. The van der Waals surface area contributed by atoms with Crippen LogP contribution in [0.3, 0.4) is 0 Å². The van der Waals surface area contributed by atoms with Crippen LogP contribution in [0.2, 0.25) is 0 Å². The molecule has 0 aromatic heterocycles. The third-order valence-electron chi connectivity index (χ3n) is 5.70. The highest BCUT2D eigenvalue weighted by Gasteiger charge is 2.31. The largest absolute Gasteiger partial charge is 0.327 e.